The van der Waals surface area contributed by atoms with E-state index in [0.717, 1.165) is 23.4 Å². The first kappa shape index (κ1) is 13.6. The van der Waals surface area contributed by atoms with Crippen molar-refractivity contribution >= 4 is 17.0 Å². The number of hydrogen-bond acceptors (Lipinski definition) is 2. The van der Waals surface area contributed by atoms with Crippen LogP contribution in [-0.2, 0) is 6.54 Å². The first-order chi connectivity index (χ1) is 8.90. The van der Waals surface area contributed by atoms with E-state index in [1.807, 2.05) is 0 Å². The fourth-order valence-corrected chi connectivity index (χ4v) is 2.27. The van der Waals surface area contributed by atoms with Gasteiger partial charge in [0.1, 0.15) is 5.82 Å². The van der Waals surface area contributed by atoms with Crippen LogP contribution in [0.25, 0.3) is 11.0 Å². The Labute approximate surface area is 113 Å². The molecule has 2 rings (SSSR count). The molecule has 1 aromatic carbocycles. The fourth-order valence-electron chi connectivity index (χ4n) is 2.27. The van der Waals surface area contributed by atoms with E-state index in [1.54, 1.807) is 18.2 Å². The SMILES string of the molecule is CC(C)Cn1c(C(C)C)nc2ccc(C(=O)O)cc21. The highest BCUT2D eigenvalue weighted by atomic mass is 16.4. The second-order valence-corrected chi connectivity index (χ2v) is 5.64. The van der Waals surface area contributed by atoms with Crippen molar-refractivity contribution in [2.75, 3.05) is 0 Å². The largest absolute Gasteiger partial charge is 0.478 e. The van der Waals surface area contributed by atoms with E-state index in [1.165, 1.54) is 0 Å². The van der Waals surface area contributed by atoms with Crippen molar-refractivity contribution in [3.05, 3.63) is 29.6 Å². The molecule has 1 aromatic heterocycles. The third kappa shape index (κ3) is 2.62. The van der Waals surface area contributed by atoms with E-state index in [2.05, 4.69) is 37.2 Å². The maximum Gasteiger partial charge on any atom is 0.335 e. The lowest BCUT2D eigenvalue weighted by molar-refractivity contribution is 0.0697. The topological polar surface area (TPSA) is 55.1 Å². The molecule has 0 aliphatic carbocycles. The van der Waals surface area contributed by atoms with Gasteiger partial charge in [0.15, 0.2) is 0 Å². The number of carbonyl (C=O) groups is 1. The maximum absolute atomic E-state index is 11.1. The van der Waals surface area contributed by atoms with Gasteiger partial charge in [-0.1, -0.05) is 27.7 Å². The second-order valence-electron chi connectivity index (χ2n) is 5.64. The van der Waals surface area contributed by atoms with Crippen molar-refractivity contribution in [3.8, 4) is 0 Å². The molecule has 0 atom stereocenters. The van der Waals surface area contributed by atoms with Crippen LogP contribution in [0.5, 0.6) is 0 Å². The molecular formula is C15H20N2O2. The molecule has 1 heterocycles. The molecule has 0 radical (unpaired) electrons. The summed E-state index contributed by atoms with van der Waals surface area (Å²) in [4.78, 5) is 15.7. The third-order valence-corrected chi connectivity index (χ3v) is 3.09. The lowest BCUT2D eigenvalue weighted by atomic mass is 10.1. The Morgan fingerprint density at radius 2 is 2.00 bits per heavy atom. The monoisotopic (exact) mass is 260 g/mol. The molecule has 4 heteroatoms. The number of imidazole rings is 1. The van der Waals surface area contributed by atoms with Crippen LogP contribution in [0.15, 0.2) is 18.2 Å². The highest BCUT2D eigenvalue weighted by Gasteiger charge is 2.16. The molecule has 0 amide bonds. The molecule has 0 fully saturated rings. The van der Waals surface area contributed by atoms with Gasteiger partial charge in [0, 0.05) is 12.5 Å². The highest BCUT2D eigenvalue weighted by Crippen LogP contribution is 2.24. The van der Waals surface area contributed by atoms with Crippen molar-refractivity contribution in [1.29, 1.82) is 0 Å². The molecule has 2 aromatic rings. The van der Waals surface area contributed by atoms with Crippen LogP contribution in [0.4, 0.5) is 0 Å². The van der Waals surface area contributed by atoms with Gasteiger partial charge in [-0.25, -0.2) is 9.78 Å². The minimum atomic E-state index is -0.898. The van der Waals surface area contributed by atoms with E-state index in [4.69, 9.17) is 5.11 Å². The lowest BCUT2D eigenvalue weighted by Crippen LogP contribution is -2.10. The first-order valence-electron chi connectivity index (χ1n) is 6.63. The normalized spacial score (nSPS) is 11.7. The number of nitrogens with zero attached hydrogens (tertiary/aromatic N) is 2. The molecule has 102 valence electrons. The van der Waals surface area contributed by atoms with Gasteiger partial charge in [-0.15, -0.1) is 0 Å². The average molecular weight is 260 g/mol. The maximum atomic E-state index is 11.1. The van der Waals surface area contributed by atoms with Gasteiger partial charge in [0.25, 0.3) is 0 Å². The van der Waals surface area contributed by atoms with Gasteiger partial charge in [-0.05, 0) is 24.1 Å². The van der Waals surface area contributed by atoms with Crippen molar-refractivity contribution < 1.29 is 9.90 Å². The van der Waals surface area contributed by atoms with E-state index in [-0.39, 0.29) is 0 Å². The number of fused-ring (bicyclic) bond motifs is 1. The number of hydrogen-bond donors (Lipinski definition) is 1. The van der Waals surface area contributed by atoms with Crippen LogP contribution in [0.3, 0.4) is 0 Å². The number of aromatic nitrogens is 2. The van der Waals surface area contributed by atoms with E-state index in [9.17, 15) is 4.79 Å². The van der Waals surface area contributed by atoms with Crippen molar-refractivity contribution in [3.63, 3.8) is 0 Å². The smallest absolute Gasteiger partial charge is 0.335 e. The second kappa shape index (κ2) is 5.03. The average Bonchev–Trinajstić information content (AvgIpc) is 2.66. The Hall–Kier alpha value is -1.84. The van der Waals surface area contributed by atoms with Crippen molar-refractivity contribution in [2.45, 2.75) is 40.2 Å². The van der Waals surface area contributed by atoms with Gasteiger partial charge >= 0.3 is 5.97 Å². The number of rotatable bonds is 4. The van der Waals surface area contributed by atoms with Crippen LogP contribution in [-0.4, -0.2) is 20.6 Å². The standard InChI is InChI=1S/C15H20N2O2/c1-9(2)8-17-13-7-11(15(18)19)5-6-12(13)16-14(17)10(3)4/h5-7,9-10H,8H2,1-4H3,(H,18,19). The molecule has 19 heavy (non-hydrogen) atoms. The Morgan fingerprint density at radius 1 is 1.32 bits per heavy atom. The molecule has 1 N–H and O–H groups in total. The first-order valence-corrected chi connectivity index (χ1v) is 6.63. The minimum absolute atomic E-state index is 0.313. The molecule has 4 nitrogen and oxygen atoms in total. The lowest BCUT2D eigenvalue weighted by Gasteiger charge is -2.13. The fraction of sp³-hybridized carbons (Fsp3) is 0.467. The van der Waals surface area contributed by atoms with Gasteiger partial charge in [-0.2, -0.15) is 0 Å². The molecule has 0 saturated heterocycles. The van der Waals surface area contributed by atoms with Crippen molar-refractivity contribution in [2.24, 2.45) is 5.92 Å². The summed E-state index contributed by atoms with van der Waals surface area (Å²) in [7, 11) is 0. The number of aromatic carboxylic acids is 1. The Bertz CT molecular complexity index is 612. The summed E-state index contributed by atoms with van der Waals surface area (Å²) in [6, 6.07) is 5.13. The molecule has 0 spiro atoms. The molecule has 0 aliphatic rings. The van der Waals surface area contributed by atoms with Crippen LogP contribution in [0, 0.1) is 5.92 Å². The van der Waals surface area contributed by atoms with Gasteiger partial charge in [0.2, 0.25) is 0 Å². The van der Waals surface area contributed by atoms with E-state index < -0.39 is 5.97 Å². The third-order valence-electron chi connectivity index (χ3n) is 3.09. The Balaban J connectivity index is 2.66. The zero-order valence-corrected chi connectivity index (χ0v) is 11.8. The molecule has 0 bridgehead atoms. The molecule has 0 aliphatic heterocycles. The Morgan fingerprint density at radius 3 is 2.53 bits per heavy atom. The van der Waals surface area contributed by atoms with Gasteiger partial charge in [-0.3, -0.25) is 0 Å². The Kier molecular flexibility index (Phi) is 3.60. The van der Waals surface area contributed by atoms with Gasteiger partial charge in [0.05, 0.1) is 16.6 Å². The summed E-state index contributed by atoms with van der Waals surface area (Å²) in [5.74, 6) is 0.930. The summed E-state index contributed by atoms with van der Waals surface area (Å²) in [5, 5.41) is 9.10. The zero-order chi connectivity index (χ0) is 14.2. The number of carboxylic acid groups (broad SMARTS) is 1. The summed E-state index contributed by atoms with van der Waals surface area (Å²) in [5.41, 5.74) is 2.10. The molecule has 0 saturated carbocycles. The predicted molar refractivity (Wildman–Crippen MR) is 75.6 cm³/mol. The van der Waals surface area contributed by atoms with E-state index in [0.29, 0.717) is 17.4 Å². The number of benzene rings is 1. The van der Waals surface area contributed by atoms with Crippen molar-refractivity contribution in [1.82, 2.24) is 9.55 Å². The predicted octanol–water partition coefficient (Wildman–Crippen LogP) is 3.51. The minimum Gasteiger partial charge on any atom is -0.478 e. The zero-order valence-electron chi connectivity index (χ0n) is 11.8. The summed E-state index contributed by atoms with van der Waals surface area (Å²) >= 11 is 0. The van der Waals surface area contributed by atoms with Gasteiger partial charge < -0.3 is 9.67 Å². The molecular weight excluding hydrogens is 240 g/mol. The summed E-state index contributed by atoms with van der Waals surface area (Å²) in [6.07, 6.45) is 0. The van der Waals surface area contributed by atoms with Crippen LogP contribution < -0.4 is 0 Å². The summed E-state index contributed by atoms with van der Waals surface area (Å²) < 4.78 is 2.15. The highest BCUT2D eigenvalue weighted by molar-refractivity contribution is 5.92. The quantitative estimate of drug-likeness (QED) is 0.915. The molecule has 0 unspecified atom stereocenters. The number of carboxylic acids is 1. The summed E-state index contributed by atoms with van der Waals surface area (Å²) in [6.45, 7) is 9.37. The van der Waals surface area contributed by atoms with Crippen LogP contribution >= 0.6 is 0 Å². The van der Waals surface area contributed by atoms with Crippen LogP contribution in [0.1, 0.15) is 49.8 Å². The van der Waals surface area contributed by atoms with Crippen LogP contribution in [0.2, 0.25) is 0 Å². The van der Waals surface area contributed by atoms with E-state index >= 15 is 0 Å².